The molecule has 0 atom stereocenters. The first kappa shape index (κ1) is 6.14. The Labute approximate surface area is 55.0 Å². The van der Waals surface area contributed by atoms with Crippen molar-refractivity contribution in [3.8, 4) is 5.75 Å². The maximum Gasteiger partial charge on any atom is 0.141 e. The summed E-state index contributed by atoms with van der Waals surface area (Å²) in [7, 11) is 1.90. The maximum absolute atomic E-state index is 9.04. The van der Waals surface area contributed by atoms with Gasteiger partial charge in [-0.2, -0.15) is 0 Å². The van der Waals surface area contributed by atoms with Crippen molar-refractivity contribution in [2.24, 2.45) is 0 Å². The Kier molecular flexibility index (Phi) is 1.43. The van der Waals surface area contributed by atoms with Crippen molar-refractivity contribution in [2.75, 3.05) is 0 Å². The number of aromatic nitrogens is 1. The van der Waals surface area contributed by atoms with E-state index in [9.17, 15) is 0 Å². The minimum absolute atomic E-state index is 0.273. The van der Waals surface area contributed by atoms with E-state index in [0.29, 0.717) is 5.69 Å². The van der Waals surface area contributed by atoms with Crippen molar-refractivity contribution in [1.29, 1.82) is 0 Å². The van der Waals surface area contributed by atoms with Crippen molar-refractivity contribution < 1.29 is 5.11 Å². The van der Waals surface area contributed by atoms with Gasteiger partial charge in [-0.25, -0.2) is 0 Å². The van der Waals surface area contributed by atoms with Crippen LogP contribution in [0.1, 0.15) is 5.69 Å². The van der Waals surface area contributed by atoms with E-state index in [0.717, 1.165) is 5.46 Å². The summed E-state index contributed by atoms with van der Waals surface area (Å²) in [6.45, 7) is 1.77. The smallest absolute Gasteiger partial charge is 0.141 e. The molecule has 0 saturated heterocycles. The van der Waals surface area contributed by atoms with Crippen LogP contribution in [0.15, 0.2) is 12.3 Å². The fourth-order valence-corrected chi connectivity index (χ4v) is 0.622. The number of nitrogens with zero attached hydrogens (tertiary/aromatic N) is 1. The van der Waals surface area contributed by atoms with Gasteiger partial charge in [0.2, 0.25) is 0 Å². The van der Waals surface area contributed by atoms with Gasteiger partial charge in [-0.3, -0.25) is 4.98 Å². The molecule has 1 aromatic heterocycles. The number of aromatic hydroxyl groups is 1. The Balaban J connectivity index is 3.17. The monoisotopic (exact) mass is 121 g/mol. The van der Waals surface area contributed by atoms with Gasteiger partial charge < -0.3 is 5.11 Å². The summed E-state index contributed by atoms with van der Waals surface area (Å²) in [5.41, 5.74) is 1.67. The highest BCUT2D eigenvalue weighted by Crippen LogP contribution is 2.07. The van der Waals surface area contributed by atoms with Crippen molar-refractivity contribution >= 4 is 13.3 Å². The van der Waals surface area contributed by atoms with Crippen molar-refractivity contribution in [2.45, 2.75) is 6.92 Å². The third-order valence-corrected chi connectivity index (χ3v) is 1.20. The van der Waals surface area contributed by atoms with Crippen LogP contribution in [0.4, 0.5) is 0 Å². The average molecular weight is 121 g/mol. The topological polar surface area (TPSA) is 33.1 Å². The number of aryl methyl sites for hydroxylation is 1. The van der Waals surface area contributed by atoms with E-state index in [-0.39, 0.29) is 5.75 Å². The molecule has 0 aliphatic carbocycles. The number of hydrogen-bond donors (Lipinski definition) is 1. The Hall–Kier alpha value is -0.985. The molecule has 0 aliphatic heterocycles. The first-order chi connectivity index (χ1) is 4.20. The molecule has 46 valence electrons. The van der Waals surface area contributed by atoms with Gasteiger partial charge in [-0.05, 0) is 13.0 Å². The first-order valence-electron chi connectivity index (χ1n) is 2.82. The van der Waals surface area contributed by atoms with E-state index in [4.69, 9.17) is 5.11 Å². The fourth-order valence-electron chi connectivity index (χ4n) is 0.622. The Morgan fingerprint density at radius 1 is 1.67 bits per heavy atom. The highest BCUT2D eigenvalue weighted by atomic mass is 16.3. The van der Waals surface area contributed by atoms with Gasteiger partial charge in [0, 0.05) is 6.20 Å². The van der Waals surface area contributed by atoms with Crippen LogP contribution >= 0.6 is 0 Å². The lowest BCUT2D eigenvalue weighted by molar-refractivity contribution is 0.468. The zero-order valence-electron chi connectivity index (χ0n) is 5.55. The van der Waals surface area contributed by atoms with Crippen LogP contribution in [0.3, 0.4) is 0 Å². The Morgan fingerprint density at radius 2 is 2.33 bits per heavy atom. The molecule has 0 saturated carbocycles. The van der Waals surface area contributed by atoms with Crippen molar-refractivity contribution in [3.05, 3.63) is 18.0 Å². The molecule has 9 heavy (non-hydrogen) atoms. The van der Waals surface area contributed by atoms with Gasteiger partial charge in [0.1, 0.15) is 13.6 Å². The zero-order valence-corrected chi connectivity index (χ0v) is 5.55. The van der Waals surface area contributed by atoms with E-state index < -0.39 is 0 Å². The molecule has 0 aromatic carbocycles. The molecule has 0 unspecified atom stereocenters. The molecule has 0 bridgehead atoms. The molecular weight excluding hydrogens is 113 g/mol. The summed E-state index contributed by atoms with van der Waals surface area (Å²) in [5, 5.41) is 9.04. The highest BCUT2D eigenvalue weighted by Gasteiger charge is 1.93. The van der Waals surface area contributed by atoms with Crippen LogP contribution in [-0.4, -0.2) is 17.9 Å². The first-order valence-corrected chi connectivity index (χ1v) is 2.82. The highest BCUT2D eigenvalue weighted by molar-refractivity contribution is 6.32. The molecule has 1 heterocycles. The summed E-state index contributed by atoms with van der Waals surface area (Å²) in [6, 6.07) is 1.70. The second-order valence-electron chi connectivity index (χ2n) is 2.12. The molecule has 0 spiro atoms. The van der Waals surface area contributed by atoms with Crippen LogP contribution < -0.4 is 5.46 Å². The van der Waals surface area contributed by atoms with Crippen LogP contribution in [0.2, 0.25) is 0 Å². The largest absolute Gasteiger partial charge is 0.506 e. The molecule has 0 radical (unpaired) electrons. The van der Waals surface area contributed by atoms with Gasteiger partial charge in [-0.15, -0.1) is 0 Å². The lowest BCUT2D eigenvalue weighted by Crippen LogP contribution is -2.02. The average Bonchev–Trinajstić information content (AvgIpc) is 1.80. The van der Waals surface area contributed by atoms with Crippen LogP contribution in [0.5, 0.6) is 5.75 Å². The predicted molar refractivity (Wildman–Crippen MR) is 38.8 cm³/mol. The number of rotatable bonds is 0. The number of pyridine rings is 1. The second-order valence-corrected chi connectivity index (χ2v) is 2.12. The third-order valence-electron chi connectivity index (χ3n) is 1.20. The lowest BCUT2D eigenvalue weighted by Gasteiger charge is -1.96. The quantitative estimate of drug-likeness (QED) is 0.463. The SMILES string of the molecule is Bc1cnc(C)c(O)c1. The predicted octanol–water partition coefficient (Wildman–Crippen LogP) is -0.646. The molecule has 0 fully saturated rings. The van der Waals surface area contributed by atoms with Gasteiger partial charge >= 0.3 is 0 Å². The molecule has 3 heteroatoms. The molecule has 0 amide bonds. The van der Waals surface area contributed by atoms with Gasteiger partial charge in [-0.1, -0.05) is 5.46 Å². The Morgan fingerprint density at radius 3 is 2.78 bits per heavy atom. The van der Waals surface area contributed by atoms with E-state index in [2.05, 4.69) is 4.98 Å². The minimum atomic E-state index is 0.273. The normalized spacial score (nSPS) is 9.44. The molecule has 2 nitrogen and oxygen atoms in total. The molecule has 1 N–H and O–H groups in total. The number of hydrogen-bond acceptors (Lipinski definition) is 2. The lowest BCUT2D eigenvalue weighted by atomic mass is 9.98. The summed E-state index contributed by atoms with van der Waals surface area (Å²) < 4.78 is 0. The van der Waals surface area contributed by atoms with Gasteiger partial charge in [0.05, 0.1) is 5.69 Å². The van der Waals surface area contributed by atoms with E-state index in [1.165, 1.54) is 0 Å². The zero-order chi connectivity index (χ0) is 6.85. The summed E-state index contributed by atoms with van der Waals surface area (Å²) in [5.74, 6) is 0.273. The van der Waals surface area contributed by atoms with Crippen molar-refractivity contribution in [3.63, 3.8) is 0 Å². The van der Waals surface area contributed by atoms with Crippen molar-refractivity contribution in [1.82, 2.24) is 4.98 Å². The van der Waals surface area contributed by atoms with Crippen LogP contribution in [0.25, 0.3) is 0 Å². The Bertz CT molecular complexity index is 224. The minimum Gasteiger partial charge on any atom is -0.506 e. The fraction of sp³-hybridized carbons (Fsp3) is 0.167. The second kappa shape index (κ2) is 2.09. The molecule has 1 rings (SSSR count). The standard InChI is InChI=1S/C6H8BNO/c1-4-6(9)2-5(7)3-8-4/h2-3,9H,7H2,1H3. The van der Waals surface area contributed by atoms with E-state index >= 15 is 0 Å². The maximum atomic E-state index is 9.04. The molecule has 0 aliphatic rings. The molecule has 1 aromatic rings. The van der Waals surface area contributed by atoms with E-state index in [1.807, 2.05) is 7.85 Å². The summed E-state index contributed by atoms with van der Waals surface area (Å²) in [6.07, 6.45) is 1.73. The molecular formula is C6H8BNO. The summed E-state index contributed by atoms with van der Waals surface area (Å²) >= 11 is 0. The third kappa shape index (κ3) is 1.22. The van der Waals surface area contributed by atoms with Gasteiger partial charge in [0.15, 0.2) is 0 Å². The van der Waals surface area contributed by atoms with E-state index in [1.54, 1.807) is 19.2 Å². The van der Waals surface area contributed by atoms with Crippen LogP contribution in [-0.2, 0) is 0 Å². The van der Waals surface area contributed by atoms with Gasteiger partial charge in [0.25, 0.3) is 0 Å². The summed E-state index contributed by atoms with van der Waals surface area (Å²) in [4.78, 5) is 3.93. The van der Waals surface area contributed by atoms with Crippen LogP contribution in [0, 0.1) is 6.92 Å².